The third-order valence-corrected chi connectivity index (χ3v) is 4.38. The number of aromatic nitrogens is 3. The molecule has 0 radical (unpaired) electrons. The second-order valence-electron chi connectivity index (χ2n) is 5.62. The summed E-state index contributed by atoms with van der Waals surface area (Å²) in [6, 6.07) is 17.0. The van der Waals surface area contributed by atoms with Crippen molar-refractivity contribution in [2.75, 3.05) is 0 Å². The molecule has 6 heteroatoms. The van der Waals surface area contributed by atoms with Gasteiger partial charge in [-0.05, 0) is 42.0 Å². The highest BCUT2D eigenvalue weighted by molar-refractivity contribution is 6.31. The van der Waals surface area contributed by atoms with E-state index in [-0.39, 0.29) is 5.56 Å². The highest BCUT2D eigenvalue weighted by Gasteiger charge is 2.16. The molecule has 0 aliphatic heterocycles. The molecule has 0 atom stereocenters. The van der Waals surface area contributed by atoms with E-state index in [2.05, 4.69) is 4.98 Å². The van der Waals surface area contributed by atoms with Crippen molar-refractivity contribution >= 4 is 22.6 Å². The number of hydrogen-bond donors (Lipinski definition) is 0. The van der Waals surface area contributed by atoms with Crippen molar-refractivity contribution < 1.29 is 4.39 Å². The van der Waals surface area contributed by atoms with Crippen LogP contribution in [-0.2, 0) is 6.54 Å². The Morgan fingerprint density at radius 2 is 1.84 bits per heavy atom. The van der Waals surface area contributed by atoms with Crippen LogP contribution in [-0.4, -0.2) is 14.3 Å². The summed E-state index contributed by atoms with van der Waals surface area (Å²) >= 11 is 6.17. The average Bonchev–Trinajstić information content (AvgIpc) is 2.91. The van der Waals surface area contributed by atoms with Crippen molar-refractivity contribution in [2.24, 2.45) is 0 Å². The Morgan fingerprint density at radius 1 is 1.04 bits per heavy atom. The third-order valence-electron chi connectivity index (χ3n) is 4.03. The zero-order chi connectivity index (χ0) is 17.4. The van der Waals surface area contributed by atoms with Gasteiger partial charge >= 0.3 is 0 Å². The lowest BCUT2D eigenvalue weighted by Gasteiger charge is -2.13. The van der Waals surface area contributed by atoms with E-state index in [9.17, 15) is 9.18 Å². The first-order chi connectivity index (χ1) is 12.1. The smallest absolute Gasteiger partial charge is 0.267 e. The molecule has 4 aromatic rings. The molecule has 4 nitrogen and oxygen atoms in total. The van der Waals surface area contributed by atoms with Gasteiger partial charge in [-0.3, -0.25) is 9.48 Å². The molecule has 0 saturated carbocycles. The van der Waals surface area contributed by atoms with Crippen LogP contribution in [0.3, 0.4) is 0 Å². The molecule has 0 fully saturated rings. The highest BCUT2D eigenvalue weighted by Crippen LogP contribution is 2.21. The molecule has 0 saturated heterocycles. The number of nitrogens with zero attached hydrogens (tertiary/aromatic N) is 3. The number of hydrogen-bond acceptors (Lipinski definition) is 2. The van der Waals surface area contributed by atoms with Crippen molar-refractivity contribution in [1.29, 1.82) is 0 Å². The third kappa shape index (κ3) is 2.72. The molecule has 0 amide bonds. The average molecular weight is 354 g/mol. The number of rotatable bonds is 3. The van der Waals surface area contributed by atoms with Crippen LogP contribution in [0.5, 0.6) is 0 Å². The molecule has 0 aliphatic rings. The number of halogens is 2. The summed E-state index contributed by atoms with van der Waals surface area (Å²) in [5.74, 6) is -0.398. The van der Waals surface area contributed by atoms with E-state index in [0.717, 1.165) is 5.69 Å². The molecule has 0 spiro atoms. The molecule has 0 unspecified atom stereocenters. The zero-order valence-corrected chi connectivity index (χ0v) is 13.8. The number of benzene rings is 2. The van der Waals surface area contributed by atoms with Gasteiger partial charge in [-0.1, -0.05) is 35.9 Å². The summed E-state index contributed by atoms with van der Waals surface area (Å²) in [6.45, 7) is 0.295. The summed E-state index contributed by atoms with van der Waals surface area (Å²) in [4.78, 5) is 17.2. The van der Waals surface area contributed by atoms with Crippen LogP contribution in [0.1, 0.15) is 5.56 Å². The van der Waals surface area contributed by atoms with Crippen molar-refractivity contribution in [1.82, 2.24) is 14.3 Å². The summed E-state index contributed by atoms with van der Waals surface area (Å²) in [5.41, 5.74) is 1.82. The molecule has 2 heterocycles. The van der Waals surface area contributed by atoms with E-state index in [4.69, 9.17) is 11.6 Å². The minimum absolute atomic E-state index is 0.160. The first-order valence-electron chi connectivity index (χ1n) is 7.71. The second-order valence-corrected chi connectivity index (χ2v) is 6.03. The molecule has 0 bridgehead atoms. The molecule has 2 aromatic carbocycles. The van der Waals surface area contributed by atoms with Gasteiger partial charge in [0.1, 0.15) is 5.82 Å². The monoisotopic (exact) mass is 353 g/mol. The van der Waals surface area contributed by atoms with Crippen molar-refractivity contribution in [3.05, 3.63) is 93.6 Å². The van der Waals surface area contributed by atoms with Crippen LogP contribution in [0, 0.1) is 5.82 Å². The first kappa shape index (κ1) is 15.6. The minimum atomic E-state index is -0.398. The molecule has 25 heavy (non-hydrogen) atoms. The Labute approximate surface area is 147 Å². The van der Waals surface area contributed by atoms with Gasteiger partial charge in [-0.25, -0.2) is 14.1 Å². The van der Waals surface area contributed by atoms with E-state index in [1.54, 1.807) is 33.8 Å². The van der Waals surface area contributed by atoms with Gasteiger partial charge < -0.3 is 0 Å². The molecule has 0 aliphatic carbocycles. The van der Waals surface area contributed by atoms with Crippen LogP contribution in [0.4, 0.5) is 4.39 Å². The van der Waals surface area contributed by atoms with E-state index < -0.39 is 5.82 Å². The van der Waals surface area contributed by atoms with Crippen LogP contribution in [0.2, 0.25) is 5.02 Å². The quantitative estimate of drug-likeness (QED) is 0.558. The minimum Gasteiger partial charge on any atom is -0.267 e. The predicted molar refractivity (Wildman–Crippen MR) is 95.8 cm³/mol. The van der Waals surface area contributed by atoms with E-state index >= 15 is 0 Å². The van der Waals surface area contributed by atoms with Gasteiger partial charge in [0.2, 0.25) is 0 Å². The van der Waals surface area contributed by atoms with Gasteiger partial charge in [0, 0.05) is 11.2 Å². The Hall–Kier alpha value is -2.92. The molecule has 4 rings (SSSR count). The Morgan fingerprint density at radius 3 is 2.60 bits per heavy atom. The van der Waals surface area contributed by atoms with Gasteiger partial charge in [-0.2, -0.15) is 0 Å². The van der Waals surface area contributed by atoms with Crippen molar-refractivity contribution in [3.8, 4) is 5.69 Å². The fourth-order valence-corrected chi connectivity index (χ4v) is 3.10. The Bertz CT molecular complexity index is 1120. The maximum Gasteiger partial charge on any atom is 0.280 e. The maximum absolute atomic E-state index is 13.3. The van der Waals surface area contributed by atoms with Gasteiger partial charge in [0.15, 0.2) is 5.65 Å². The zero-order valence-electron chi connectivity index (χ0n) is 13.1. The van der Waals surface area contributed by atoms with Crippen LogP contribution in [0.15, 0.2) is 71.7 Å². The number of para-hydroxylation sites is 1. The number of pyridine rings is 1. The SMILES string of the molecule is O=c1c2cccnc2n(Cc2ccc(F)cc2Cl)n1-c1ccccc1. The standard InChI is InChI=1S/C19H13ClFN3O/c20-17-11-14(21)9-8-13(17)12-23-18-16(7-4-10-22-18)19(25)24(23)15-5-2-1-3-6-15/h1-11H,12H2. The predicted octanol–water partition coefficient (Wildman–Crippen LogP) is 4.03. The van der Waals surface area contributed by atoms with Crippen molar-refractivity contribution in [2.45, 2.75) is 6.54 Å². The normalized spacial score (nSPS) is 11.1. The van der Waals surface area contributed by atoms with E-state index in [1.807, 2.05) is 30.3 Å². The molecule has 124 valence electrons. The molecule has 2 aromatic heterocycles. The van der Waals surface area contributed by atoms with E-state index in [1.165, 1.54) is 12.1 Å². The van der Waals surface area contributed by atoms with Gasteiger partial charge in [0.05, 0.1) is 17.6 Å². The van der Waals surface area contributed by atoms with Crippen LogP contribution < -0.4 is 5.56 Å². The lowest BCUT2D eigenvalue weighted by molar-refractivity contribution is 0.602. The molecular weight excluding hydrogens is 341 g/mol. The fourth-order valence-electron chi connectivity index (χ4n) is 2.87. The first-order valence-corrected chi connectivity index (χ1v) is 8.09. The van der Waals surface area contributed by atoms with Gasteiger partial charge in [-0.15, -0.1) is 0 Å². The Balaban J connectivity index is 1.97. The Kier molecular flexibility index (Phi) is 3.86. The summed E-state index contributed by atoms with van der Waals surface area (Å²) in [6.07, 6.45) is 1.64. The highest BCUT2D eigenvalue weighted by atomic mass is 35.5. The molecule has 0 N–H and O–H groups in total. The lowest BCUT2D eigenvalue weighted by Crippen LogP contribution is -2.21. The lowest BCUT2D eigenvalue weighted by atomic mass is 10.2. The molecular formula is C19H13ClFN3O. The summed E-state index contributed by atoms with van der Waals surface area (Å²) in [7, 11) is 0. The van der Waals surface area contributed by atoms with Gasteiger partial charge in [0.25, 0.3) is 5.56 Å². The maximum atomic E-state index is 13.3. The number of fused-ring (bicyclic) bond motifs is 1. The van der Waals surface area contributed by atoms with Crippen molar-refractivity contribution in [3.63, 3.8) is 0 Å². The fraction of sp³-hybridized carbons (Fsp3) is 0.0526. The topological polar surface area (TPSA) is 39.8 Å². The van der Waals surface area contributed by atoms with E-state index in [0.29, 0.717) is 28.2 Å². The second kappa shape index (κ2) is 6.18. The van der Waals surface area contributed by atoms with Crippen LogP contribution in [0.25, 0.3) is 16.7 Å². The van der Waals surface area contributed by atoms with Crippen LogP contribution >= 0.6 is 11.6 Å². The summed E-state index contributed by atoms with van der Waals surface area (Å²) in [5, 5.41) is 0.828. The summed E-state index contributed by atoms with van der Waals surface area (Å²) < 4.78 is 16.7. The largest absolute Gasteiger partial charge is 0.280 e.